The molecule has 0 aliphatic carbocycles. The van der Waals surface area contributed by atoms with Crippen LogP contribution in [0.5, 0.6) is 11.5 Å². The molecule has 0 saturated carbocycles. The Bertz CT molecular complexity index is 3300. The van der Waals surface area contributed by atoms with Crippen LogP contribution >= 0.6 is 0 Å². The largest absolute Gasteiger partial charge is 0.510 e. The number of rotatable bonds is 4. The van der Waals surface area contributed by atoms with Gasteiger partial charge in [-0.25, -0.2) is 4.98 Å². The third kappa shape index (κ3) is 3.81. The minimum atomic E-state index is 0. The van der Waals surface area contributed by atoms with E-state index in [-0.39, 0.29) is 21.1 Å². The van der Waals surface area contributed by atoms with E-state index >= 15 is 0 Å². The summed E-state index contributed by atoms with van der Waals surface area (Å²) in [4.78, 5) is 4.72. The average molecular weight is 838 g/mol. The van der Waals surface area contributed by atoms with Crippen LogP contribution in [0, 0.1) is 18.5 Å². The number of benzene rings is 6. The Balaban J connectivity index is 0.00000310. The van der Waals surface area contributed by atoms with Gasteiger partial charge in [-0.05, 0) is 63.8 Å². The van der Waals surface area contributed by atoms with Crippen molar-refractivity contribution >= 4 is 82.2 Å². The van der Waals surface area contributed by atoms with Crippen molar-refractivity contribution in [2.24, 2.45) is 7.05 Å². The van der Waals surface area contributed by atoms with E-state index in [1.807, 2.05) is 72.4 Å². The molecule has 0 atom stereocenters. The molecular weight excluding hydrogens is 816 g/mol. The molecule has 0 bridgehead atoms. The second kappa shape index (κ2) is 10.2. The van der Waals surface area contributed by atoms with Gasteiger partial charge in [0, 0.05) is 60.6 Å². The predicted octanol–water partition coefficient (Wildman–Crippen LogP) is 9.94. The third-order valence-corrected chi connectivity index (χ3v) is 10.1. The van der Waals surface area contributed by atoms with Crippen molar-refractivity contribution in [1.82, 2.24) is 14.0 Å². The molecule has 51 heavy (non-hydrogen) atoms. The normalized spacial score (nSPS) is 12.3. The van der Waals surface area contributed by atoms with Crippen LogP contribution in [0.3, 0.4) is 0 Å². The summed E-state index contributed by atoms with van der Waals surface area (Å²) in [5.74, 6) is 1.88. The SMILES string of the molecule is C[n+]1[c-]n2c3[c-]c(Oc4[c-]c5c(cc4)c4cc(-c6ccccc6)ccc4n5-c4ccccn4)cc4oc5ccc6oc7ccc1c2c7c6c5c43.[Pt]. The Kier molecular flexibility index (Phi) is 5.72. The Morgan fingerprint density at radius 2 is 1.41 bits per heavy atom. The molecule has 6 heterocycles. The van der Waals surface area contributed by atoms with Crippen LogP contribution in [0.15, 0.2) is 124 Å². The number of pyridine rings is 1. The fourth-order valence-electron chi connectivity index (χ4n) is 7.97. The summed E-state index contributed by atoms with van der Waals surface area (Å²) < 4.78 is 25.7. The smallest absolute Gasteiger partial charge is 0.242 e. The second-order valence-corrected chi connectivity index (χ2v) is 12.8. The topological polar surface area (TPSA) is 61.6 Å². The van der Waals surface area contributed by atoms with Gasteiger partial charge in [0.15, 0.2) is 0 Å². The van der Waals surface area contributed by atoms with Crippen LogP contribution in [0.2, 0.25) is 0 Å². The summed E-state index contributed by atoms with van der Waals surface area (Å²) in [7, 11) is 2.01. The number of furan rings is 2. The molecule has 0 N–H and O–H groups in total. The molecule has 0 fully saturated rings. The number of imidazole rings is 1. The zero-order chi connectivity index (χ0) is 32.7. The summed E-state index contributed by atoms with van der Waals surface area (Å²) in [5, 5.41) is 6.24. The summed E-state index contributed by atoms with van der Waals surface area (Å²) in [5.41, 5.74) is 10.3. The minimum absolute atomic E-state index is 0. The van der Waals surface area contributed by atoms with Crippen molar-refractivity contribution in [3.8, 4) is 28.4 Å². The quantitative estimate of drug-likeness (QED) is 0.131. The molecule has 7 nitrogen and oxygen atoms in total. The molecule has 6 aromatic carbocycles. The van der Waals surface area contributed by atoms with Gasteiger partial charge in [-0.15, -0.1) is 23.6 Å². The zero-order valence-corrected chi connectivity index (χ0v) is 29.1. The fraction of sp³-hybridized carbons (Fsp3) is 0.0233. The molecule has 0 saturated heterocycles. The standard InChI is InChI=1S/C43H22N4O3.Pt/c1-45-23-46-33-21-27(22-37-39(33)40-34(50-37)16-17-35-41(40)42-36(49-35)15-14-31(45)43(42)46)48-26-11-12-28-29-19-25(24-7-3-2-4-8-24)10-13-30(29)47(32(28)20-26)38-9-5-6-18-44-38;/h2-19,22H,1H3;/q-2;. The van der Waals surface area contributed by atoms with Crippen LogP contribution in [0.1, 0.15) is 0 Å². The Labute approximate surface area is 303 Å². The first-order chi connectivity index (χ1) is 24.7. The summed E-state index contributed by atoms with van der Waals surface area (Å²) >= 11 is 0. The van der Waals surface area contributed by atoms with Crippen molar-refractivity contribution in [3.05, 3.63) is 134 Å². The van der Waals surface area contributed by atoms with E-state index in [0.717, 1.165) is 88.0 Å². The van der Waals surface area contributed by atoms with Crippen molar-refractivity contribution in [2.45, 2.75) is 0 Å². The Morgan fingerprint density at radius 3 is 2.25 bits per heavy atom. The fourth-order valence-corrected chi connectivity index (χ4v) is 7.97. The van der Waals surface area contributed by atoms with Gasteiger partial charge in [0.25, 0.3) is 0 Å². The maximum Gasteiger partial charge on any atom is 0.242 e. The molecule has 0 unspecified atom stereocenters. The minimum Gasteiger partial charge on any atom is -0.510 e. The number of hydrogen-bond acceptors (Lipinski definition) is 4. The molecule has 0 radical (unpaired) electrons. The number of fused-ring (bicyclic) bond motifs is 4. The van der Waals surface area contributed by atoms with Gasteiger partial charge in [0.1, 0.15) is 22.6 Å². The Hall–Kier alpha value is -6.17. The maximum atomic E-state index is 6.64. The first-order valence-corrected chi connectivity index (χ1v) is 16.4. The molecule has 0 amide bonds. The molecule has 0 aliphatic rings. The number of aromatic nitrogens is 4. The molecule has 12 aromatic rings. The van der Waals surface area contributed by atoms with Crippen molar-refractivity contribution in [3.63, 3.8) is 0 Å². The maximum absolute atomic E-state index is 6.64. The summed E-state index contributed by atoms with van der Waals surface area (Å²) in [6.07, 6.45) is 5.33. The van der Waals surface area contributed by atoms with Gasteiger partial charge in [-0.2, -0.15) is 6.07 Å². The van der Waals surface area contributed by atoms with Crippen molar-refractivity contribution in [2.75, 3.05) is 0 Å². The van der Waals surface area contributed by atoms with Gasteiger partial charge in [0.2, 0.25) is 6.33 Å². The van der Waals surface area contributed by atoms with Crippen molar-refractivity contribution in [1.29, 1.82) is 0 Å². The van der Waals surface area contributed by atoms with Gasteiger partial charge in [0.05, 0.1) is 18.1 Å². The molecule has 0 spiro atoms. The average Bonchev–Trinajstić information content (AvgIpc) is 3.88. The van der Waals surface area contributed by atoms with Crippen LogP contribution in [0.4, 0.5) is 0 Å². The van der Waals surface area contributed by atoms with E-state index in [1.165, 1.54) is 5.56 Å². The molecule has 0 aliphatic heterocycles. The van der Waals surface area contributed by atoms with Crippen LogP contribution < -0.4 is 9.30 Å². The van der Waals surface area contributed by atoms with Gasteiger partial charge in [-0.3, -0.25) is 0 Å². The zero-order valence-electron chi connectivity index (χ0n) is 26.8. The summed E-state index contributed by atoms with van der Waals surface area (Å²) in [6, 6.07) is 44.2. The first kappa shape index (κ1) is 28.6. The number of ether oxygens (including phenoxy) is 1. The van der Waals surface area contributed by atoms with Crippen LogP contribution in [-0.2, 0) is 28.1 Å². The number of nitrogens with zero attached hydrogens (tertiary/aromatic N) is 4. The van der Waals surface area contributed by atoms with Gasteiger partial charge < -0.3 is 27.1 Å². The predicted molar refractivity (Wildman–Crippen MR) is 194 cm³/mol. The Morgan fingerprint density at radius 1 is 0.647 bits per heavy atom. The van der Waals surface area contributed by atoms with Gasteiger partial charge >= 0.3 is 0 Å². The number of aryl methyl sites for hydroxylation is 1. The van der Waals surface area contributed by atoms with Crippen LogP contribution in [0.25, 0.3) is 99.2 Å². The molecule has 6 aromatic heterocycles. The van der Waals surface area contributed by atoms with E-state index in [1.54, 1.807) is 0 Å². The third-order valence-electron chi connectivity index (χ3n) is 10.1. The van der Waals surface area contributed by atoms with Crippen molar-refractivity contribution < 1.29 is 39.2 Å². The molecular formula is C43H22N4O3Pt-2. The van der Waals surface area contributed by atoms with E-state index in [0.29, 0.717) is 17.1 Å². The number of hydrogen-bond donors (Lipinski definition) is 0. The van der Waals surface area contributed by atoms with E-state index in [2.05, 4.69) is 82.0 Å². The molecule has 12 rings (SSSR count). The van der Waals surface area contributed by atoms with E-state index in [4.69, 9.17) is 18.6 Å². The van der Waals surface area contributed by atoms with E-state index < -0.39 is 0 Å². The summed E-state index contributed by atoms with van der Waals surface area (Å²) in [6.45, 7) is 0. The second-order valence-electron chi connectivity index (χ2n) is 12.8. The van der Waals surface area contributed by atoms with E-state index in [9.17, 15) is 0 Å². The van der Waals surface area contributed by atoms with Gasteiger partial charge in [-0.1, -0.05) is 71.6 Å². The first-order valence-electron chi connectivity index (χ1n) is 16.4. The monoisotopic (exact) mass is 837 g/mol. The molecule has 244 valence electrons. The molecule has 8 heteroatoms. The van der Waals surface area contributed by atoms with Crippen LogP contribution in [-0.4, -0.2) is 14.0 Å².